The molecule has 1 aliphatic rings. The highest BCUT2D eigenvalue weighted by molar-refractivity contribution is 6.45. The van der Waals surface area contributed by atoms with E-state index in [-0.39, 0.29) is 22.2 Å². The lowest BCUT2D eigenvalue weighted by atomic mass is 9.67. The van der Waals surface area contributed by atoms with Crippen molar-refractivity contribution in [1.82, 2.24) is 10.2 Å². The van der Waals surface area contributed by atoms with Crippen LogP contribution in [0.4, 0.5) is 17.2 Å². The van der Waals surface area contributed by atoms with Gasteiger partial charge in [0, 0.05) is 17.3 Å². The molecule has 0 spiro atoms. The van der Waals surface area contributed by atoms with Crippen LogP contribution in [0.25, 0.3) is 0 Å². The molecule has 1 aromatic carbocycles. The van der Waals surface area contributed by atoms with Gasteiger partial charge in [0.15, 0.2) is 0 Å². The first-order valence-electron chi connectivity index (χ1n) is 8.04. The van der Waals surface area contributed by atoms with Crippen molar-refractivity contribution in [2.75, 3.05) is 5.32 Å². The molecule has 1 aliphatic carbocycles. The monoisotopic (exact) mass is 360 g/mol. The fourth-order valence-corrected chi connectivity index (χ4v) is 3.27. The molecule has 3 N–H and O–H groups in total. The third-order valence-electron chi connectivity index (χ3n) is 4.43. The van der Waals surface area contributed by atoms with Crippen LogP contribution in [0, 0.1) is 10.1 Å². The molecule has 1 fully saturated rings. The standard InChI is InChI=1S/C16H18BClN4O3/c1-17(23)21-16(9-2-10-16)11-3-5-12(6-4-11)19-15-13(22(24)25)7-8-14(18)20-15/h3-8,21,23H,2,9-10H2,1H3,(H,19,20). The maximum Gasteiger partial charge on any atom is 0.374 e. The second-order valence-electron chi connectivity index (χ2n) is 6.22. The Balaban J connectivity index is 1.82. The third-order valence-corrected chi connectivity index (χ3v) is 4.64. The number of anilines is 2. The largest absolute Gasteiger partial charge is 0.437 e. The summed E-state index contributed by atoms with van der Waals surface area (Å²) in [5.41, 5.74) is 1.42. The average molecular weight is 361 g/mol. The Morgan fingerprint density at radius 2 is 1.96 bits per heavy atom. The fourth-order valence-electron chi connectivity index (χ4n) is 3.12. The SMILES string of the molecule is CB(O)NC1(c2ccc(Nc3nc(Cl)ccc3[N+](=O)[O-])cc2)CCC1. The van der Waals surface area contributed by atoms with Crippen molar-refractivity contribution in [3.8, 4) is 0 Å². The molecule has 2 aromatic rings. The molecule has 0 aliphatic heterocycles. The molecule has 0 unspecified atom stereocenters. The van der Waals surface area contributed by atoms with Crippen LogP contribution in [0.3, 0.4) is 0 Å². The molecule has 7 nitrogen and oxygen atoms in total. The number of nitrogens with zero attached hydrogens (tertiary/aromatic N) is 2. The Kier molecular flexibility index (Phi) is 4.94. The number of rotatable bonds is 6. The summed E-state index contributed by atoms with van der Waals surface area (Å²) in [6.07, 6.45) is 3.04. The predicted octanol–water partition coefficient (Wildman–Crippen LogP) is 3.47. The van der Waals surface area contributed by atoms with E-state index in [4.69, 9.17) is 11.6 Å². The molecule has 3 rings (SSSR count). The third kappa shape index (κ3) is 3.76. The minimum atomic E-state index is -0.587. The van der Waals surface area contributed by atoms with Gasteiger partial charge in [-0.1, -0.05) is 23.7 Å². The second kappa shape index (κ2) is 6.99. The number of hydrogen-bond acceptors (Lipinski definition) is 6. The van der Waals surface area contributed by atoms with Crippen LogP contribution in [0.2, 0.25) is 12.0 Å². The topological polar surface area (TPSA) is 100 Å². The Hall–Kier alpha value is -2.16. The summed E-state index contributed by atoms with van der Waals surface area (Å²) >= 11 is 5.84. The van der Waals surface area contributed by atoms with Crippen LogP contribution < -0.4 is 10.5 Å². The summed E-state index contributed by atoms with van der Waals surface area (Å²) in [5, 5.41) is 27.1. The first-order valence-corrected chi connectivity index (χ1v) is 8.42. The van der Waals surface area contributed by atoms with Crippen LogP contribution >= 0.6 is 11.6 Å². The smallest absolute Gasteiger partial charge is 0.374 e. The Labute approximate surface area is 150 Å². The van der Waals surface area contributed by atoms with E-state index in [1.165, 1.54) is 12.1 Å². The normalized spacial score (nSPS) is 15.3. The molecule has 1 aromatic heterocycles. The lowest BCUT2D eigenvalue weighted by Crippen LogP contribution is -2.53. The first-order chi connectivity index (χ1) is 11.9. The Bertz CT molecular complexity index is 781. The number of halogens is 1. The van der Waals surface area contributed by atoms with Crippen LogP contribution in [0.15, 0.2) is 36.4 Å². The fraction of sp³-hybridized carbons (Fsp3) is 0.312. The highest BCUT2D eigenvalue weighted by Crippen LogP contribution is 2.41. The van der Waals surface area contributed by atoms with Crippen molar-refractivity contribution < 1.29 is 9.95 Å². The minimum absolute atomic E-state index is 0.103. The molecule has 0 bridgehead atoms. The molecule has 1 heterocycles. The lowest BCUT2D eigenvalue weighted by Gasteiger charge is -2.44. The van der Waals surface area contributed by atoms with Gasteiger partial charge >= 0.3 is 12.7 Å². The van der Waals surface area contributed by atoms with Gasteiger partial charge in [-0.05, 0) is 49.8 Å². The van der Waals surface area contributed by atoms with E-state index in [1.807, 2.05) is 24.3 Å². The summed E-state index contributed by atoms with van der Waals surface area (Å²) in [4.78, 5) is 14.6. The maximum absolute atomic E-state index is 11.1. The molecule has 0 amide bonds. The zero-order valence-electron chi connectivity index (χ0n) is 13.7. The maximum atomic E-state index is 11.1. The molecule has 0 radical (unpaired) electrons. The Morgan fingerprint density at radius 1 is 1.28 bits per heavy atom. The molecule has 0 atom stereocenters. The van der Waals surface area contributed by atoms with E-state index in [0.29, 0.717) is 5.69 Å². The number of nitro groups is 1. The van der Waals surface area contributed by atoms with Gasteiger partial charge in [-0.25, -0.2) is 4.98 Å². The minimum Gasteiger partial charge on any atom is -0.437 e. The summed E-state index contributed by atoms with van der Waals surface area (Å²) < 4.78 is 0. The zero-order chi connectivity index (χ0) is 18.0. The van der Waals surface area contributed by atoms with E-state index in [2.05, 4.69) is 15.5 Å². The van der Waals surface area contributed by atoms with Gasteiger partial charge in [-0.2, -0.15) is 0 Å². The molecule has 130 valence electrons. The Morgan fingerprint density at radius 3 is 2.48 bits per heavy atom. The van der Waals surface area contributed by atoms with E-state index < -0.39 is 12.0 Å². The molecule has 9 heteroatoms. The summed E-state index contributed by atoms with van der Waals surface area (Å²) in [6, 6.07) is 10.3. The van der Waals surface area contributed by atoms with Crippen LogP contribution in [0.5, 0.6) is 0 Å². The van der Waals surface area contributed by atoms with Crippen LogP contribution in [-0.4, -0.2) is 22.0 Å². The highest BCUT2D eigenvalue weighted by atomic mass is 35.5. The number of aromatic nitrogens is 1. The van der Waals surface area contributed by atoms with Crippen molar-refractivity contribution in [2.24, 2.45) is 0 Å². The number of hydrogen-bond donors (Lipinski definition) is 3. The van der Waals surface area contributed by atoms with Crippen molar-refractivity contribution in [3.05, 3.63) is 57.2 Å². The molecular formula is C16H18BClN4O3. The van der Waals surface area contributed by atoms with Gasteiger partial charge in [-0.3, -0.25) is 10.1 Å². The van der Waals surface area contributed by atoms with Crippen LogP contribution in [0.1, 0.15) is 24.8 Å². The van der Waals surface area contributed by atoms with E-state index in [0.717, 1.165) is 24.8 Å². The number of pyridine rings is 1. The zero-order valence-corrected chi connectivity index (χ0v) is 14.5. The van der Waals surface area contributed by atoms with Gasteiger partial charge in [0.2, 0.25) is 5.82 Å². The summed E-state index contributed by atoms with van der Waals surface area (Å²) in [6.45, 7) is 1.71. The summed E-state index contributed by atoms with van der Waals surface area (Å²) in [7, 11) is -0.587. The van der Waals surface area contributed by atoms with Gasteiger partial charge in [0.1, 0.15) is 5.15 Å². The summed E-state index contributed by atoms with van der Waals surface area (Å²) in [5.74, 6) is 0.103. The first kappa shape index (κ1) is 17.7. The van der Waals surface area contributed by atoms with Crippen molar-refractivity contribution in [3.63, 3.8) is 0 Å². The van der Waals surface area contributed by atoms with Crippen molar-refractivity contribution in [1.29, 1.82) is 0 Å². The molecular weight excluding hydrogens is 342 g/mol. The molecule has 0 saturated heterocycles. The van der Waals surface area contributed by atoms with Crippen LogP contribution in [-0.2, 0) is 5.54 Å². The number of nitrogens with one attached hydrogen (secondary N) is 2. The molecule has 1 saturated carbocycles. The predicted molar refractivity (Wildman–Crippen MR) is 98.1 cm³/mol. The van der Waals surface area contributed by atoms with Gasteiger partial charge in [-0.15, -0.1) is 0 Å². The lowest BCUT2D eigenvalue weighted by molar-refractivity contribution is -0.384. The molecule has 25 heavy (non-hydrogen) atoms. The quantitative estimate of drug-likeness (QED) is 0.316. The van der Waals surface area contributed by atoms with Crippen molar-refractivity contribution >= 4 is 35.8 Å². The van der Waals surface area contributed by atoms with Gasteiger partial charge in [0.05, 0.1) is 4.92 Å². The van der Waals surface area contributed by atoms with E-state index in [9.17, 15) is 15.1 Å². The van der Waals surface area contributed by atoms with Gasteiger partial charge in [0.25, 0.3) is 0 Å². The van der Waals surface area contributed by atoms with Gasteiger partial charge < -0.3 is 15.6 Å². The van der Waals surface area contributed by atoms with E-state index >= 15 is 0 Å². The number of benzene rings is 1. The average Bonchev–Trinajstić information content (AvgIpc) is 2.51. The van der Waals surface area contributed by atoms with Crippen molar-refractivity contribution in [2.45, 2.75) is 31.6 Å². The highest BCUT2D eigenvalue weighted by Gasteiger charge is 2.39. The van der Waals surface area contributed by atoms with E-state index in [1.54, 1.807) is 6.82 Å². The second-order valence-corrected chi connectivity index (χ2v) is 6.60.